The van der Waals surface area contributed by atoms with E-state index in [0.29, 0.717) is 31.9 Å². The van der Waals surface area contributed by atoms with Crippen molar-refractivity contribution >= 4 is 5.91 Å². The molecule has 1 atom stereocenters. The molecule has 19 heavy (non-hydrogen) atoms. The van der Waals surface area contributed by atoms with E-state index in [2.05, 4.69) is 10.6 Å². The summed E-state index contributed by atoms with van der Waals surface area (Å²) < 4.78 is 5.34. The maximum absolute atomic E-state index is 11.1. The Morgan fingerprint density at radius 3 is 3.05 bits per heavy atom. The van der Waals surface area contributed by atoms with Gasteiger partial charge in [0.2, 0.25) is 5.91 Å². The fourth-order valence-electron chi connectivity index (χ4n) is 2.19. The molecule has 104 valence electrons. The van der Waals surface area contributed by atoms with Crippen molar-refractivity contribution in [3.05, 3.63) is 23.8 Å². The maximum atomic E-state index is 11.1. The Morgan fingerprint density at radius 1 is 1.53 bits per heavy atom. The zero-order valence-corrected chi connectivity index (χ0v) is 11.1. The lowest BCUT2D eigenvalue weighted by atomic mass is 10.1. The Labute approximate surface area is 113 Å². The predicted molar refractivity (Wildman–Crippen MR) is 72.1 cm³/mol. The third kappa shape index (κ3) is 3.61. The molecule has 1 aromatic rings. The van der Waals surface area contributed by atoms with E-state index < -0.39 is 0 Å². The number of nitrogens with one attached hydrogen (secondary N) is 2. The van der Waals surface area contributed by atoms with Gasteiger partial charge in [-0.05, 0) is 19.4 Å². The van der Waals surface area contributed by atoms with Crippen LogP contribution in [0.2, 0.25) is 0 Å². The number of benzene rings is 1. The van der Waals surface area contributed by atoms with Crippen molar-refractivity contribution in [3.63, 3.8) is 0 Å². The van der Waals surface area contributed by atoms with E-state index in [1.54, 1.807) is 6.07 Å². The van der Waals surface area contributed by atoms with E-state index in [0.717, 1.165) is 12.0 Å². The number of carbonyl (C=O) groups is 1. The summed E-state index contributed by atoms with van der Waals surface area (Å²) in [6, 6.07) is 5.67. The lowest BCUT2D eigenvalue weighted by Crippen LogP contribution is -2.35. The van der Waals surface area contributed by atoms with Crippen molar-refractivity contribution in [2.75, 3.05) is 13.2 Å². The summed E-state index contributed by atoms with van der Waals surface area (Å²) in [4.78, 5) is 11.1. The van der Waals surface area contributed by atoms with Gasteiger partial charge in [0, 0.05) is 31.1 Å². The van der Waals surface area contributed by atoms with Crippen LogP contribution in [-0.4, -0.2) is 30.2 Å². The van der Waals surface area contributed by atoms with Crippen LogP contribution in [0, 0.1) is 0 Å². The molecule has 0 saturated carbocycles. The topological polar surface area (TPSA) is 70.6 Å². The minimum atomic E-state index is 0.119. The lowest BCUT2D eigenvalue weighted by Gasteiger charge is -2.13. The quantitative estimate of drug-likeness (QED) is 0.721. The summed E-state index contributed by atoms with van der Waals surface area (Å²) in [6.07, 6.45) is 1.48. The largest absolute Gasteiger partial charge is 0.504 e. The first-order valence-electron chi connectivity index (χ1n) is 6.64. The first-order valence-corrected chi connectivity index (χ1v) is 6.64. The molecule has 5 heteroatoms. The van der Waals surface area contributed by atoms with Crippen molar-refractivity contribution in [1.29, 1.82) is 0 Å². The van der Waals surface area contributed by atoms with Gasteiger partial charge in [-0.25, -0.2) is 0 Å². The highest BCUT2D eigenvalue weighted by molar-refractivity contribution is 5.78. The van der Waals surface area contributed by atoms with Crippen molar-refractivity contribution in [3.8, 4) is 11.5 Å². The molecule has 1 heterocycles. The van der Waals surface area contributed by atoms with Gasteiger partial charge in [-0.2, -0.15) is 0 Å². The molecule has 0 aromatic heterocycles. The summed E-state index contributed by atoms with van der Waals surface area (Å²) in [5.74, 6) is 0.816. The van der Waals surface area contributed by atoms with Crippen LogP contribution in [0.25, 0.3) is 0 Å². The summed E-state index contributed by atoms with van der Waals surface area (Å²) in [5.41, 5.74) is 0.801. The van der Waals surface area contributed by atoms with E-state index in [-0.39, 0.29) is 17.7 Å². The zero-order valence-electron chi connectivity index (χ0n) is 11.1. The van der Waals surface area contributed by atoms with Gasteiger partial charge in [0.1, 0.15) is 0 Å². The number of hydrogen-bond donors (Lipinski definition) is 3. The molecule has 0 aliphatic carbocycles. The number of rotatable bonds is 6. The number of phenols is 1. The highest BCUT2D eigenvalue weighted by atomic mass is 16.5. The van der Waals surface area contributed by atoms with Gasteiger partial charge in [-0.3, -0.25) is 4.79 Å². The zero-order chi connectivity index (χ0) is 13.7. The fourth-order valence-corrected chi connectivity index (χ4v) is 2.19. The molecular weight excluding hydrogens is 244 g/mol. The normalized spacial score (nSPS) is 18.4. The predicted octanol–water partition coefficient (Wildman–Crippen LogP) is 1.16. The van der Waals surface area contributed by atoms with Crippen LogP contribution >= 0.6 is 0 Å². The molecular formula is C14H20N2O3. The van der Waals surface area contributed by atoms with Gasteiger partial charge >= 0.3 is 0 Å². The van der Waals surface area contributed by atoms with Crippen LogP contribution in [0.15, 0.2) is 18.2 Å². The molecule has 0 spiro atoms. The molecule has 3 N–H and O–H groups in total. The molecule has 5 nitrogen and oxygen atoms in total. The van der Waals surface area contributed by atoms with Crippen molar-refractivity contribution in [2.24, 2.45) is 0 Å². The van der Waals surface area contributed by atoms with Crippen LogP contribution in [0.4, 0.5) is 0 Å². The Balaban J connectivity index is 1.85. The maximum Gasteiger partial charge on any atom is 0.220 e. The summed E-state index contributed by atoms with van der Waals surface area (Å²) in [6.45, 7) is 3.68. The Hall–Kier alpha value is -1.75. The number of amides is 1. The number of phenolic OH excluding ortho intramolecular Hbond substituents is 1. The minimum absolute atomic E-state index is 0.119. The Kier molecular flexibility index (Phi) is 4.63. The van der Waals surface area contributed by atoms with Crippen LogP contribution < -0.4 is 15.4 Å². The number of para-hydroxylation sites is 1. The molecule has 1 aliphatic rings. The van der Waals surface area contributed by atoms with Crippen molar-refractivity contribution in [1.82, 2.24) is 10.6 Å². The summed E-state index contributed by atoms with van der Waals surface area (Å²) in [7, 11) is 0. The van der Waals surface area contributed by atoms with Gasteiger partial charge in [0.15, 0.2) is 11.5 Å². The molecule has 1 aromatic carbocycles. The molecule has 1 unspecified atom stereocenters. The van der Waals surface area contributed by atoms with Crippen LogP contribution in [0.1, 0.15) is 25.3 Å². The van der Waals surface area contributed by atoms with E-state index >= 15 is 0 Å². The van der Waals surface area contributed by atoms with E-state index in [4.69, 9.17) is 4.74 Å². The van der Waals surface area contributed by atoms with Gasteiger partial charge in [-0.15, -0.1) is 0 Å². The first kappa shape index (κ1) is 13.7. The van der Waals surface area contributed by atoms with E-state index in [1.165, 1.54) is 0 Å². The van der Waals surface area contributed by atoms with Crippen LogP contribution in [0.5, 0.6) is 11.5 Å². The number of aromatic hydroxyl groups is 1. The standard InChI is InChI=1S/C14H20N2O3/c1-2-19-12-5-3-4-10(14(12)18)8-15-9-11-6-7-13(17)16-11/h3-5,11,15,18H,2,6-9H2,1H3,(H,16,17). The Bertz CT molecular complexity index is 448. The molecule has 2 rings (SSSR count). The smallest absolute Gasteiger partial charge is 0.220 e. The van der Waals surface area contributed by atoms with Gasteiger partial charge in [0.25, 0.3) is 0 Å². The third-order valence-electron chi connectivity index (χ3n) is 3.17. The van der Waals surface area contributed by atoms with Crippen LogP contribution in [-0.2, 0) is 11.3 Å². The number of carbonyl (C=O) groups excluding carboxylic acids is 1. The summed E-state index contributed by atoms with van der Waals surface area (Å²) >= 11 is 0. The lowest BCUT2D eigenvalue weighted by molar-refractivity contribution is -0.119. The SMILES string of the molecule is CCOc1cccc(CNCC2CCC(=O)N2)c1O. The number of hydrogen-bond acceptors (Lipinski definition) is 4. The number of ether oxygens (including phenoxy) is 1. The average Bonchev–Trinajstić information content (AvgIpc) is 2.80. The van der Waals surface area contributed by atoms with Gasteiger partial charge in [0.05, 0.1) is 6.61 Å². The minimum Gasteiger partial charge on any atom is -0.504 e. The third-order valence-corrected chi connectivity index (χ3v) is 3.17. The molecule has 1 fully saturated rings. The van der Waals surface area contributed by atoms with Crippen LogP contribution in [0.3, 0.4) is 0 Å². The van der Waals surface area contributed by atoms with E-state index in [9.17, 15) is 9.90 Å². The van der Waals surface area contributed by atoms with Crippen molar-refractivity contribution < 1.29 is 14.6 Å². The van der Waals surface area contributed by atoms with Gasteiger partial charge in [-0.1, -0.05) is 12.1 Å². The highest BCUT2D eigenvalue weighted by Crippen LogP contribution is 2.29. The molecule has 1 saturated heterocycles. The molecule has 1 amide bonds. The second-order valence-corrected chi connectivity index (χ2v) is 4.63. The second-order valence-electron chi connectivity index (χ2n) is 4.63. The average molecular weight is 264 g/mol. The summed E-state index contributed by atoms with van der Waals surface area (Å²) in [5, 5.41) is 16.2. The molecule has 0 bridgehead atoms. The molecule has 1 aliphatic heterocycles. The fraction of sp³-hybridized carbons (Fsp3) is 0.500. The van der Waals surface area contributed by atoms with Crippen molar-refractivity contribution in [2.45, 2.75) is 32.4 Å². The Morgan fingerprint density at radius 2 is 2.37 bits per heavy atom. The highest BCUT2D eigenvalue weighted by Gasteiger charge is 2.20. The monoisotopic (exact) mass is 264 g/mol. The first-order chi connectivity index (χ1) is 9.20. The second kappa shape index (κ2) is 6.43. The van der Waals surface area contributed by atoms with E-state index in [1.807, 2.05) is 19.1 Å². The van der Waals surface area contributed by atoms with Gasteiger partial charge < -0.3 is 20.5 Å². The molecule has 0 radical (unpaired) electrons.